The van der Waals surface area contributed by atoms with E-state index in [0.29, 0.717) is 61.6 Å². The van der Waals surface area contributed by atoms with E-state index in [0.717, 1.165) is 0 Å². The fraction of sp³-hybridized carbons (Fsp3) is 1.00. The summed E-state index contributed by atoms with van der Waals surface area (Å²) in [6.07, 6.45) is -0.454. The molecule has 6 nitrogen and oxygen atoms in total. The summed E-state index contributed by atoms with van der Waals surface area (Å²) in [4.78, 5) is 0. The van der Waals surface area contributed by atoms with Crippen LogP contribution in [0.3, 0.4) is 0 Å². The van der Waals surface area contributed by atoms with Crippen molar-refractivity contribution >= 4 is 87.5 Å². The second kappa shape index (κ2) is 19.9. The molecule has 0 bridgehead atoms. The summed E-state index contributed by atoms with van der Waals surface area (Å²) in [6.45, 7) is 22.9. The molecule has 0 aromatic carbocycles. The lowest BCUT2D eigenvalue weighted by Crippen LogP contribution is -2.15. The maximum Gasteiger partial charge on any atom is 0.247 e. The van der Waals surface area contributed by atoms with Crippen molar-refractivity contribution in [2.45, 2.75) is 81.4 Å². The summed E-state index contributed by atoms with van der Waals surface area (Å²) in [6, 6.07) is 0. The van der Waals surface area contributed by atoms with E-state index in [9.17, 15) is 0 Å². The Bertz CT molecular complexity index is 681. The summed E-state index contributed by atoms with van der Waals surface area (Å²) >= 11 is 24.7. The third-order valence-electron chi connectivity index (χ3n) is 3.82. The second-order valence-electron chi connectivity index (χ2n) is 10.5. The Hall–Kier alpha value is 2.76. The van der Waals surface area contributed by atoms with E-state index in [1.165, 1.54) is 22.8 Å². The van der Waals surface area contributed by atoms with Gasteiger partial charge in [0.2, 0.25) is 17.1 Å². The number of hydrogen-bond donors (Lipinski definition) is 1. The molecule has 2 unspecified atom stereocenters. The minimum Gasteiger partial charge on any atom is -0.321 e. The van der Waals surface area contributed by atoms with Gasteiger partial charge in [-0.15, -0.1) is 0 Å². The van der Waals surface area contributed by atoms with Crippen LogP contribution in [0.1, 0.15) is 69.2 Å². The van der Waals surface area contributed by atoms with E-state index < -0.39 is 17.1 Å². The molecule has 0 N–H and O–H groups in total. The van der Waals surface area contributed by atoms with Crippen LogP contribution in [0.4, 0.5) is 0 Å². The molecular formula is C22H49O6P3S6. The van der Waals surface area contributed by atoms with E-state index in [2.05, 4.69) is 67.6 Å². The SMILES string of the molecule is CC(C)COP(=S)(OCC(C)C)SCC(C)OP(=S)(S)OC(C)CSP(=S)(OCC(C)C)OCC(C)C. The zero-order valence-electron chi connectivity index (χ0n) is 24.0. The van der Waals surface area contributed by atoms with Gasteiger partial charge in [-0.3, -0.25) is 0 Å². The maximum atomic E-state index is 6.06. The molecule has 15 heteroatoms. The van der Waals surface area contributed by atoms with Crippen molar-refractivity contribution in [1.82, 2.24) is 0 Å². The van der Waals surface area contributed by atoms with E-state index >= 15 is 0 Å². The van der Waals surface area contributed by atoms with Crippen LogP contribution < -0.4 is 0 Å². The highest BCUT2D eigenvalue weighted by atomic mass is 32.9. The molecule has 0 spiro atoms. The fourth-order valence-corrected chi connectivity index (χ4v) is 14.4. The van der Waals surface area contributed by atoms with Gasteiger partial charge in [0.25, 0.3) is 0 Å². The van der Waals surface area contributed by atoms with Gasteiger partial charge in [-0.25, -0.2) is 0 Å². The zero-order valence-corrected chi connectivity index (χ0v) is 31.6. The Morgan fingerprint density at radius 3 is 1.00 bits per heavy atom. The van der Waals surface area contributed by atoms with Crippen LogP contribution in [0.2, 0.25) is 0 Å². The highest BCUT2D eigenvalue weighted by Gasteiger charge is 2.28. The lowest BCUT2D eigenvalue weighted by molar-refractivity contribution is 0.190. The first-order chi connectivity index (χ1) is 16.9. The van der Waals surface area contributed by atoms with Crippen LogP contribution >= 0.6 is 52.1 Å². The lowest BCUT2D eigenvalue weighted by atomic mass is 10.2. The Morgan fingerprint density at radius 2 is 0.784 bits per heavy atom. The molecule has 0 aliphatic carbocycles. The van der Waals surface area contributed by atoms with E-state index in [1.54, 1.807) is 0 Å². The predicted octanol–water partition coefficient (Wildman–Crippen LogP) is 9.56. The Balaban J connectivity index is 4.91. The van der Waals surface area contributed by atoms with Crippen LogP contribution in [-0.2, 0) is 62.6 Å². The third-order valence-corrected chi connectivity index (χ3v) is 17.1. The lowest BCUT2D eigenvalue weighted by Gasteiger charge is -2.28. The first-order valence-electron chi connectivity index (χ1n) is 12.6. The predicted molar refractivity (Wildman–Crippen MR) is 181 cm³/mol. The second-order valence-corrected chi connectivity index (χ2v) is 28.4. The van der Waals surface area contributed by atoms with E-state index in [-0.39, 0.29) is 12.2 Å². The van der Waals surface area contributed by atoms with Crippen molar-refractivity contribution in [3.8, 4) is 0 Å². The first kappa shape index (κ1) is 39.8. The third kappa shape index (κ3) is 22.0. The van der Waals surface area contributed by atoms with Crippen molar-refractivity contribution < 1.29 is 27.1 Å². The average Bonchev–Trinajstić information content (AvgIpc) is 2.76. The van der Waals surface area contributed by atoms with Crippen LogP contribution in [0.25, 0.3) is 0 Å². The molecule has 0 aromatic rings. The summed E-state index contributed by atoms with van der Waals surface area (Å²) in [7, 11) is 0. The van der Waals surface area contributed by atoms with Crippen molar-refractivity contribution in [1.29, 1.82) is 0 Å². The van der Waals surface area contributed by atoms with Gasteiger partial charge in [-0.05, 0) is 72.9 Å². The van der Waals surface area contributed by atoms with E-state index in [1.807, 2.05) is 13.8 Å². The largest absolute Gasteiger partial charge is 0.321 e. The summed E-state index contributed by atoms with van der Waals surface area (Å²) in [5.74, 6) is 2.64. The minimum absolute atomic E-state index is 0.227. The van der Waals surface area contributed by atoms with Gasteiger partial charge in [0.15, 0.2) is 0 Å². The molecule has 0 aliphatic rings. The molecule has 0 aromatic heterocycles. The molecule has 2 atom stereocenters. The summed E-state index contributed by atoms with van der Waals surface area (Å²) in [5.41, 5.74) is -7.77. The van der Waals surface area contributed by atoms with Crippen LogP contribution in [0.15, 0.2) is 0 Å². The van der Waals surface area contributed by atoms with Gasteiger partial charge in [-0.1, -0.05) is 90.4 Å². The van der Waals surface area contributed by atoms with Gasteiger partial charge in [-0.2, -0.15) is 0 Å². The first-order valence-corrected chi connectivity index (χ1v) is 24.9. The maximum absolute atomic E-state index is 6.06. The molecule has 224 valence electrons. The van der Waals surface area contributed by atoms with Gasteiger partial charge in [0.05, 0.1) is 38.6 Å². The van der Waals surface area contributed by atoms with Gasteiger partial charge >= 0.3 is 0 Å². The van der Waals surface area contributed by atoms with Crippen LogP contribution in [0, 0.1) is 23.7 Å². The normalized spacial score (nSPS) is 16.6. The molecule has 37 heavy (non-hydrogen) atoms. The Kier molecular flexibility index (Phi) is 21.3. The van der Waals surface area contributed by atoms with E-state index in [4.69, 9.17) is 62.6 Å². The topological polar surface area (TPSA) is 55.4 Å². The number of thiol groups is 1. The Morgan fingerprint density at radius 1 is 0.541 bits per heavy atom. The number of rotatable bonds is 22. The summed E-state index contributed by atoms with van der Waals surface area (Å²) < 4.78 is 36.2. The molecule has 0 heterocycles. The van der Waals surface area contributed by atoms with Crippen LogP contribution in [0.5, 0.6) is 0 Å². The molecule has 0 aliphatic heterocycles. The molecule has 0 amide bonds. The van der Waals surface area contributed by atoms with Crippen molar-refractivity contribution in [3.05, 3.63) is 0 Å². The molecule has 0 fully saturated rings. The summed E-state index contributed by atoms with van der Waals surface area (Å²) in [5, 5.41) is 0. The number of hydrogen-bond acceptors (Lipinski definition) is 11. The molecular weight excluding hydrogens is 646 g/mol. The quantitative estimate of drug-likeness (QED) is 0.0871. The minimum atomic E-state index is -2.80. The van der Waals surface area contributed by atoms with Crippen molar-refractivity contribution in [3.63, 3.8) is 0 Å². The van der Waals surface area contributed by atoms with Crippen molar-refractivity contribution in [2.75, 3.05) is 37.9 Å². The van der Waals surface area contributed by atoms with Crippen molar-refractivity contribution in [2.24, 2.45) is 23.7 Å². The highest BCUT2D eigenvalue weighted by Crippen LogP contribution is 2.64. The van der Waals surface area contributed by atoms with Crippen LogP contribution in [-0.4, -0.2) is 50.1 Å². The van der Waals surface area contributed by atoms with Gasteiger partial charge in [0.1, 0.15) is 0 Å². The molecule has 0 rings (SSSR count). The fourth-order valence-electron chi connectivity index (χ4n) is 2.12. The molecule has 0 saturated heterocycles. The zero-order chi connectivity index (χ0) is 28.9. The van der Waals surface area contributed by atoms with Gasteiger partial charge < -0.3 is 27.1 Å². The standard InChI is InChI=1S/C22H49O6P3S6/c1-17(2)11-23-30(34,24-12-18(3)4)36-15-21(9)27-29(32,33)28-22(10)16-37-31(35,25-13-19(5)6)26-14-20(7)8/h17-22H,11-16H2,1-10H3,(H,32,33). The smallest absolute Gasteiger partial charge is 0.247 e. The monoisotopic (exact) mass is 694 g/mol. The highest BCUT2D eigenvalue weighted by molar-refractivity contribution is 8.68. The average molecular weight is 695 g/mol. The Labute approximate surface area is 256 Å². The molecule has 0 saturated carbocycles. The van der Waals surface area contributed by atoms with Gasteiger partial charge in [0, 0.05) is 11.5 Å². The molecule has 0 radical (unpaired) electrons.